The number of hydrogen-bond donors (Lipinski definition) is 2. The van der Waals surface area contributed by atoms with Crippen LogP contribution in [0.25, 0.3) is 0 Å². The minimum absolute atomic E-state index is 0.0232. The number of benzene rings is 1. The van der Waals surface area contributed by atoms with Crippen molar-refractivity contribution in [2.45, 2.75) is 52.7 Å². The van der Waals surface area contributed by atoms with Gasteiger partial charge in [-0.3, -0.25) is 4.79 Å². The summed E-state index contributed by atoms with van der Waals surface area (Å²) in [6.45, 7) is 8.13. The third-order valence-corrected chi connectivity index (χ3v) is 3.42. The summed E-state index contributed by atoms with van der Waals surface area (Å²) in [6, 6.07) is 6.88. The van der Waals surface area contributed by atoms with Crippen molar-refractivity contribution < 1.29 is 14.6 Å². The molecule has 0 aliphatic rings. The molecule has 1 aromatic rings. The van der Waals surface area contributed by atoms with E-state index < -0.39 is 6.10 Å². The molecule has 21 heavy (non-hydrogen) atoms. The van der Waals surface area contributed by atoms with E-state index in [0.717, 1.165) is 17.7 Å². The average Bonchev–Trinajstić information content (AvgIpc) is 2.43. The highest BCUT2D eigenvalue weighted by Gasteiger charge is 2.19. The van der Waals surface area contributed by atoms with Crippen LogP contribution in [0, 0.1) is 5.41 Å². The van der Waals surface area contributed by atoms with E-state index in [9.17, 15) is 9.90 Å². The molecule has 0 heterocycles. The molecule has 0 saturated heterocycles. The summed E-state index contributed by atoms with van der Waals surface area (Å²) in [5, 5.41) is 13.1. The lowest BCUT2D eigenvalue weighted by atomic mass is 9.90. The van der Waals surface area contributed by atoms with Crippen LogP contribution in [-0.4, -0.2) is 24.2 Å². The minimum atomic E-state index is -0.727. The fourth-order valence-electron chi connectivity index (χ4n) is 1.98. The van der Waals surface area contributed by atoms with Crippen molar-refractivity contribution in [1.29, 1.82) is 0 Å². The Bertz CT molecular complexity index is 448. The summed E-state index contributed by atoms with van der Waals surface area (Å²) in [4.78, 5) is 11.9. The highest BCUT2D eigenvalue weighted by atomic mass is 16.5. The topological polar surface area (TPSA) is 58.6 Å². The molecule has 0 fully saturated rings. The van der Waals surface area contributed by atoms with Crippen LogP contribution >= 0.6 is 0 Å². The Labute approximate surface area is 127 Å². The molecule has 1 aromatic carbocycles. The Balaban J connectivity index is 2.53. The predicted molar refractivity (Wildman–Crippen MR) is 84.2 cm³/mol. The highest BCUT2D eigenvalue weighted by Crippen LogP contribution is 2.22. The van der Waals surface area contributed by atoms with Gasteiger partial charge in [0.05, 0.1) is 19.3 Å². The monoisotopic (exact) mass is 293 g/mol. The second-order valence-corrected chi connectivity index (χ2v) is 6.63. The van der Waals surface area contributed by atoms with E-state index in [-0.39, 0.29) is 17.4 Å². The van der Waals surface area contributed by atoms with E-state index in [1.807, 2.05) is 6.92 Å². The van der Waals surface area contributed by atoms with Crippen LogP contribution in [0.5, 0.6) is 5.75 Å². The minimum Gasteiger partial charge on any atom is -0.497 e. The summed E-state index contributed by atoms with van der Waals surface area (Å²) in [5.74, 6) is 0.720. The molecule has 0 aliphatic heterocycles. The molecule has 2 unspecified atom stereocenters. The fraction of sp³-hybridized carbons (Fsp3) is 0.588. The van der Waals surface area contributed by atoms with Crippen molar-refractivity contribution in [3.05, 3.63) is 29.8 Å². The molecular formula is C17H27NO3. The Morgan fingerprint density at radius 2 is 1.86 bits per heavy atom. The molecule has 4 nitrogen and oxygen atoms in total. The molecular weight excluding hydrogens is 266 g/mol. The molecule has 0 spiro atoms. The van der Waals surface area contributed by atoms with Gasteiger partial charge in [0, 0.05) is 6.42 Å². The quantitative estimate of drug-likeness (QED) is 0.847. The molecule has 2 N–H and O–H groups in total. The number of hydrogen-bond acceptors (Lipinski definition) is 3. The van der Waals surface area contributed by atoms with Crippen LogP contribution in [0.1, 0.15) is 52.2 Å². The molecule has 0 saturated carbocycles. The maximum Gasteiger partial charge on any atom is 0.220 e. The van der Waals surface area contributed by atoms with Crippen molar-refractivity contribution in [1.82, 2.24) is 5.32 Å². The van der Waals surface area contributed by atoms with E-state index in [1.54, 1.807) is 31.4 Å². The Kier molecular flexibility index (Phi) is 6.21. The van der Waals surface area contributed by atoms with Gasteiger partial charge in [-0.15, -0.1) is 0 Å². The van der Waals surface area contributed by atoms with Crippen LogP contribution in [0.2, 0.25) is 0 Å². The maximum atomic E-state index is 11.9. The third kappa shape index (κ3) is 6.17. The lowest BCUT2D eigenvalue weighted by Crippen LogP contribution is -2.37. The number of aliphatic hydroxyl groups excluding tert-OH is 1. The van der Waals surface area contributed by atoms with E-state index >= 15 is 0 Å². The predicted octanol–water partition coefficient (Wildman–Crippen LogP) is 3.06. The van der Waals surface area contributed by atoms with Crippen molar-refractivity contribution in [2.24, 2.45) is 5.41 Å². The van der Waals surface area contributed by atoms with Crippen LogP contribution in [0.15, 0.2) is 24.3 Å². The van der Waals surface area contributed by atoms with Gasteiger partial charge >= 0.3 is 0 Å². The highest BCUT2D eigenvalue weighted by molar-refractivity contribution is 5.76. The van der Waals surface area contributed by atoms with Crippen molar-refractivity contribution in [3.8, 4) is 5.75 Å². The first-order valence-electron chi connectivity index (χ1n) is 7.34. The summed E-state index contributed by atoms with van der Waals surface area (Å²) in [6.07, 6.45) is 0.572. The van der Waals surface area contributed by atoms with Gasteiger partial charge in [-0.05, 0) is 36.5 Å². The number of carbonyl (C=O) groups is 1. The SMILES string of the molecule is COc1ccc(C(O)C(C)NC(=O)CCC(C)(C)C)cc1. The fourth-order valence-corrected chi connectivity index (χ4v) is 1.98. The van der Waals surface area contributed by atoms with Gasteiger partial charge < -0.3 is 15.2 Å². The molecule has 0 aliphatic carbocycles. The van der Waals surface area contributed by atoms with E-state index in [1.165, 1.54) is 0 Å². The first-order valence-corrected chi connectivity index (χ1v) is 7.34. The number of ether oxygens (including phenoxy) is 1. The van der Waals surface area contributed by atoms with Gasteiger partial charge in [0.15, 0.2) is 0 Å². The van der Waals surface area contributed by atoms with Crippen molar-refractivity contribution in [2.75, 3.05) is 7.11 Å². The summed E-state index contributed by atoms with van der Waals surface area (Å²) in [5.41, 5.74) is 0.897. The lowest BCUT2D eigenvalue weighted by Gasteiger charge is -2.22. The average molecular weight is 293 g/mol. The number of aliphatic hydroxyl groups is 1. The van der Waals surface area contributed by atoms with Gasteiger partial charge in [-0.2, -0.15) is 0 Å². The summed E-state index contributed by atoms with van der Waals surface area (Å²) in [7, 11) is 1.60. The standard InChI is InChI=1S/C17H27NO3/c1-12(18-15(19)10-11-17(2,3)4)16(20)13-6-8-14(21-5)9-7-13/h6-9,12,16,20H,10-11H2,1-5H3,(H,18,19). The molecule has 0 bridgehead atoms. The van der Waals surface area contributed by atoms with Crippen LogP contribution in [0.4, 0.5) is 0 Å². The molecule has 4 heteroatoms. The number of amides is 1. The van der Waals surface area contributed by atoms with Crippen molar-refractivity contribution >= 4 is 5.91 Å². The van der Waals surface area contributed by atoms with Crippen LogP contribution in [0.3, 0.4) is 0 Å². The molecule has 118 valence electrons. The zero-order valence-electron chi connectivity index (χ0n) is 13.6. The molecule has 2 atom stereocenters. The summed E-state index contributed by atoms with van der Waals surface area (Å²) < 4.78 is 5.09. The Hall–Kier alpha value is -1.55. The molecule has 1 amide bonds. The Morgan fingerprint density at radius 1 is 1.29 bits per heavy atom. The summed E-state index contributed by atoms with van der Waals surface area (Å²) >= 11 is 0. The smallest absolute Gasteiger partial charge is 0.220 e. The molecule has 0 aromatic heterocycles. The maximum absolute atomic E-state index is 11.9. The zero-order valence-corrected chi connectivity index (χ0v) is 13.6. The van der Waals surface area contributed by atoms with Gasteiger partial charge in [-0.1, -0.05) is 32.9 Å². The number of rotatable bonds is 6. The Morgan fingerprint density at radius 3 is 2.33 bits per heavy atom. The van der Waals surface area contributed by atoms with Gasteiger partial charge in [0.2, 0.25) is 5.91 Å². The van der Waals surface area contributed by atoms with Crippen LogP contribution in [-0.2, 0) is 4.79 Å². The second-order valence-electron chi connectivity index (χ2n) is 6.63. The number of carbonyl (C=O) groups excluding carboxylic acids is 1. The zero-order chi connectivity index (χ0) is 16.0. The van der Waals surface area contributed by atoms with Gasteiger partial charge in [-0.25, -0.2) is 0 Å². The largest absolute Gasteiger partial charge is 0.497 e. The van der Waals surface area contributed by atoms with E-state index in [0.29, 0.717) is 6.42 Å². The van der Waals surface area contributed by atoms with E-state index in [4.69, 9.17) is 4.74 Å². The number of nitrogens with one attached hydrogen (secondary N) is 1. The third-order valence-electron chi connectivity index (χ3n) is 3.42. The molecule has 0 radical (unpaired) electrons. The van der Waals surface area contributed by atoms with Crippen molar-refractivity contribution in [3.63, 3.8) is 0 Å². The van der Waals surface area contributed by atoms with Gasteiger partial charge in [0.1, 0.15) is 5.75 Å². The van der Waals surface area contributed by atoms with Crippen LogP contribution < -0.4 is 10.1 Å². The number of methoxy groups -OCH3 is 1. The first-order chi connectivity index (χ1) is 9.73. The first kappa shape index (κ1) is 17.5. The van der Waals surface area contributed by atoms with Gasteiger partial charge in [0.25, 0.3) is 0 Å². The second kappa shape index (κ2) is 7.46. The molecule has 1 rings (SSSR count). The normalized spacial score (nSPS) is 14.4. The lowest BCUT2D eigenvalue weighted by molar-refractivity contribution is -0.123. The van der Waals surface area contributed by atoms with E-state index in [2.05, 4.69) is 26.1 Å².